The van der Waals surface area contributed by atoms with Crippen molar-refractivity contribution in [2.24, 2.45) is 0 Å². The van der Waals surface area contributed by atoms with Crippen LogP contribution in [0.2, 0.25) is 0 Å². The summed E-state index contributed by atoms with van der Waals surface area (Å²) in [6.45, 7) is 1.86. The minimum atomic E-state index is -0.431. The van der Waals surface area contributed by atoms with Crippen molar-refractivity contribution in [3.8, 4) is 11.8 Å². The van der Waals surface area contributed by atoms with Crippen molar-refractivity contribution < 1.29 is 9.53 Å². The van der Waals surface area contributed by atoms with Gasteiger partial charge < -0.3 is 15.4 Å². The van der Waals surface area contributed by atoms with Crippen molar-refractivity contribution in [3.63, 3.8) is 0 Å². The average Bonchev–Trinajstić information content (AvgIpc) is 3.13. The van der Waals surface area contributed by atoms with Gasteiger partial charge in [-0.1, -0.05) is 12.1 Å². The van der Waals surface area contributed by atoms with Gasteiger partial charge in [0.1, 0.15) is 5.75 Å². The number of para-hydroxylation sites is 2. The Hall–Kier alpha value is -2.21. The third-order valence-electron chi connectivity index (χ3n) is 4.33. The van der Waals surface area contributed by atoms with Gasteiger partial charge >= 0.3 is 0 Å². The fraction of sp³-hybridized carbons (Fsp3) is 0.200. The lowest BCUT2D eigenvalue weighted by Crippen LogP contribution is -2.30. The number of dihydropyridines is 1. The highest BCUT2D eigenvalue weighted by molar-refractivity contribution is 9.11. The van der Waals surface area contributed by atoms with Gasteiger partial charge in [-0.2, -0.15) is 5.26 Å². The Balaban J connectivity index is 2.06. The Labute approximate surface area is 180 Å². The maximum Gasteiger partial charge on any atom is 0.254 e. The number of nitrogens with zero attached hydrogens (tertiary/aromatic N) is 1. The highest BCUT2D eigenvalue weighted by Gasteiger charge is 2.35. The van der Waals surface area contributed by atoms with Gasteiger partial charge in [0.15, 0.2) is 0 Å². The van der Waals surface area contributed by atoms with Crippen molar-refractivity contribution >= 4 is 50.6 Å². The summed E-state index contributed by atoms with van der Waals surface area (Å²) in [6, 6.07) is 13.4. The number of rotatable bonds is 5. The maximum absolute atomic E-state index is 13.3. The maximum atomic E-state index is 13.3. The summed E-state index contributed by atoms with van der Waals surface area (Å²) in [5, 5.41) is 16.8. The number of allylic oxidation sites excluding steroid dienone is 2. The number of methoxy groups -OCH3 is 1. The molecule has 2 aromatic rings. The van der Waals surface area contributed by atoms with Gasteiger partial charge in [0.2, 0.25) is 0 Å². The lowest BCUT2D eigenvalue weighted by Gasteiger charge is -2.28. The molecule has 1 atom stereocenters. The number of halogens is 1. The van der Waals surface area contributed by atoms with Crippen molar-refractivity contribution in [2.75, 3.05) is 18.7 Å². The summed E-state index contributed by atoms with van der Waals surface area (Å²) in [7, 11) is 1.56. The van der Waals surface area contributed by atoms with Crippen LogP contribution < -0.4 is 15.4 Å². The molecule has 0 radical (unpaired) electrons. The molecule has 1 aliphatic rings. The van der Waals surface area contributed by atoms with E-state index in [-0.39, 0.29) is 5.91 Å². The second-order valence-electron chi connectivity index (χ2n) is 5.95. The molecule has 0 aliphatic carbocycles. The lowest BCUT2D eigenvalue weighted by molar-refractivity contribution is -0.113. The van der Waals surface area contributed by atoms with Crippen LogP contribution in [0.25, 0.3) is 0 Å². The topological polar surface area (TPSA) is 74.2 Å². The molecule has 0 saturated heterocycles. The van der Waals surface area contributed by atoms with Gasteiger partial charge in [-0.25, -0.2) is 0 Å². The van der Waals surface area contributed by atoms with Crippen LogP contribution in [0.5, 0.6) is 5.75 Å². The first kappa shape index (κ1) is 20.5. The second-order valence-corrected chi connectivity index (χ2v) is 9.26. The van der Waals surface area contributed by atoms with Gasteiger partial charge in [0.05, 0.1) is 39.2 Å². The third-order valence-corrected chi connectivity index (χ3v) is 6.75. The summed E-state index contributed by atoms with van der Waals surface area (Å²) >= 11 is 6.47. The average molecular weight is 476 g/mol. The first-order chi connectivity index (χ1) is 13.5. The molecule has 1 aromatic heterocycles. The Kier molecular flexibility index (Phi) is 6.50. The fourth-order valence-corrected chi connectivity index (χ4v) is 5.26. The number of anilines is 1. The minimum absolute atomic E-state index is 0.267. The quantitative estimate of drug-likeness (QED) is 0.619. The number of nitriles is 1. The summed E-state index contributed by atoms with van der Waals surface area (Å²) in [5.41, 5.74) is 2.37. The number of nitrogens with one attached hydrogen (secondary N) is 2. The molecule has 5 nitrogen and oxygen atoms in total. The molecule has 1 amide bonds. The zero-order valence-electron chi connectivity index (χ0n) is 15.5. The first-order valence-electron chi connectivity index (χ1n) is 8.35. The van der Waals surface area contributed by atoms with E-state index in [0.29, 0.717) is 22.6 Å². The monoisotopic (exact) mass is 475 g/mol. The fourth-order valence-electron chi connectivity index (χ4n) is 3.08. The SMILES string of the molecule is COc1ccccc1NC(=O)C1=C(C)NC(SC)=C(C#N)C1c1ccc(Br)s1. The van der Waals surface area contributed by atoms with Crippen LogP contribution in [-0.2, 0) is 4.79 Å². The van der Waals surface area contributed by atoms with E-state index in [0.717, 1.165) is 19.4 Å². The number of amides is 1. The predicted octanol–water partition coefficient (Wildman–Crippen LogP) is 5.22. The number of thioether (sulfide) groups is 1. The number of thiophene rings is 1. The Morgan fingerprint density at radius 1 is 1.36 bits per heavy atom. The van der Waals surface area contributed by atoms with Crippen LogP contribution >= 0.6 is 39.0 Å². The molecular weight excluding hydrogens is 458 g/mol. The van der Waals surface area contributed by atoms with E-state index in [1.54, 1.807) is 19.2 Å². The van der Waals surface area contributed by atoms with Gasteiger partial charge in [0, 0.05) is 16.1 Å². The van der Waals surface area contributed by atoms with Crippen molar-refractivity contribution in [1.82, 2.24) is 5.32 Å². The lowest BCUT2D eigenvalue weighted by atomic mass is 9.86. The third kappa shape index (κ3) is 3.97. The van der Waals surface area contributed by atoms with Crippen LogP contribution in [0, 0.1) is 11.3 Å². The van der Waals surface area contributed by atoms with Crippen LogP contribution in [-0.4, -0.2) is 19.3 Å². The number of ether oxygens (including phenoxy) is 1. The highest BCUT2D eigenvalue weighted by Crippen LogP contribution is 2.43. The molecule has 2 N–H and O–H groups in total. The van der Waals surface area contributed by atoms with Crippen LogP contribution in [0.3, 0.4) is 0 Å². The van der Waals surface area contributed by atoms with Crippen molar-refractivity contribution in [1.29, 1.82) is 5.26 Å². The number of hydrogen-bond donors (Lipinski definition) is 2. The van der Waals surface area contributed by atoms with E-state index < -0.39 is 5.92 Å². The molecule has 2 heterocycles. The first-order valence-corrected chi connectivity index (χ1v) is 11.2. The molecule has 28 heavy (non-hydrogen) atoms. The number of hydrogen-bond acceptors (Lipinski definition) is 6. The van der Waals surface area contributed by atoms with E-state index in [1.165, 1.54) is 23.1 Å². The normalized spacial score (nSPS) is 16.5. The van der Waals surface area contributed by atoms with E-state index in [2.05, 4.69) is 32.6 Å². The molecule has 0 spiro atoms. The molecular formula is C20H18BrN3O2S2. The molecule has 0 saturated carbocycles. The van der Waals surface area contributed by atoms with Gasteiger partial charge in [0.25, 0.3) is 5.91 Å². The summed E-state index contributed by atoms with van der Waals surface area (Å²) in [4.78, 5) is 14.2. The zero-order chi connectivity index (χ0) is 20.3. The molecule has 1 aromatic carbocycles. The van der Waals surface area contributed by atoms with Gasteiger partial charge in [-0.3, -0.25) is 4.79 Å². The number of carbonyl (C=O) groups is 1. The minimum Gasteiger partial charge on any atom is -0.495 e. The van der Waals surface area contributed by atoms with E-state index >= 15 is 0 Å². The molecule has 1 unspecified atom stereocenters. The second kappa shape index (κ2) is 8.86. The molecule has 144 valence electrons. The Morgan fingerprint density at radius 3 is 2.71 bits per heavy atom. The van der Waals surface area contributed by atoms with Gasteiger partial charge in [-0.15, -0.1) is 23.1 Å². The smallest absolute Gasteiger partial charge is 0.254 e. The number of carbonyl (C=O) groups excluding carboxylic acids is 1. The number of benzene rings is 1. The molecule has 3 rings (SSSR count). The van der Waals surface area contributed by atoms with Crippen molar-refractivity contribution in [3.05, 3.63) is 66.9 Å². The van der Waals surface area contributed by atoms with Gasteiger partial charge in [-0.05, 0) is 53.4 Å². The van der Waals surface area contributed by atoms with Crippen LogP contribution in [0.15, 0.2) is 62.1 Å². The Bertz CT molecular complexity index is 1020. The van der Waals surface area contributed by atoms with E-state index in [4.69, 9.17) is 4.74 Å². The van der Waals surface area contributed by atoms with Crippen molar-refractivity contribution in [2.45, 2.75) is 12.8 Å². The highest BCUT2D eigenvalue weighted by atomic mass is 79.9. The molecule has 0 fully saturated rings. The Morgan fingerprint density at radius 2 is 2.11 bits per heavy atom. The predicted molar refractivity (Wildman–Crippen MR) is 118 cm³/mol. The van der Waals surface area contributed by atoms with E-state index in [1.807, 2.05) is 37.4 Å². The largest absolute Gasteiger partial charge is 0.495 e. The van der Waals surface area contributed by atoms with Crippen LogP contribution in [0.4, 0.5) is 5.69 Å². The summed E-state index contributed by atoms with van der Waals surface area (Å²) < 4.78 is 6.29. The van der Waals surface area contributed by atoms with Crippen LogP contribution in [0.1, 0.15) is 17.7 Å². The summed E-state index contributed by atoms with van der Waals surface area (Å²) in [6.07, 6.45) is 1.91. The molecule has 8 heteroatoms. The zero-order valence-corrected chi connectivity index (χ0v) is 18.7. The summed E-state index contributed by atoms with van der Waals surface area (Å²) in [5.74, 6) is -0.120. The standard InChI is InChI=1S/C20H18BrN3O2S2/c1-11-17(19(25)24-13-6-4-5-7-14(13)26-2)18(15-8-9-16(21)28-15)12(10-22)20(23-11)27-3/h4-9,18,23H,1-3H3,(H,24,25). The molecule has 0 bridgehead atoms. The van der Waals surface area contributed by atoms with E-state index in [9.17, 15) is 10.1 Å². The molecule has 1 aliphatic heterocycles.